The van der Waals surface area contributed by atoms with E-state index in [1.165, 1.54) is 26.0 Å². The zero-order chi connectivity index (χ0) is 27.3. The van der Waals surface area contributed by atoms with Gasteiger partial charge in [0.25, 0.3) is 5.79 Å². The Bertz CT molecular complexity index is 1360. The lowest BCUT2D eigenvalue weighted by molar-refractivity contribution is -0.256. The Labute approximate surface area is 217 Å². The molecular formula is C30H25F3O5. The highest BCUT2D eigenvalue weighted by molar-refractivity contribution is 6.06. The van der Waals surface area contributed by atoms with Gasteiger partial charge in [-0.25, -0.2) is 0 Å². The first-order chi connectivity index (χ1) is 17.9. The van der Waals surface area contributed by atoms with E-state index in [-0.39, 0.29) is 18.6 Å². The molecule has 1 spiro atoms. The topological polar surface area (TPSA) is 69.7 Å². The highest BCUT2D eigenvalue weighted by Crippen LogP contribution is 2.57. The maximum Gasteiger partial charge on any atom is 0.416 e. The van der Waals surface area contributed by atoms with Gasteiger partial charge in [0.05, 0.1) is 5.56 Å². The first kappa shape index (κ1) is 25.7. The lowest BCUT2D eigenvalue weighted by Crippen LogP contribution is -2.61. The van der Waals surface area contributed by atoms with Gasteiger partial charge in [-0.05, 0) is 34.4 Å². The van der Waals surface area contributed by atoms with Crippen LogP contribution in [0.5, 0.6) is 0 Å². The summed E-state index contributed by atoms with van der Waals surface area (Å²) in [5, 5.41) is 0. The van der Waals surface area contributed by atoms with Crippen molar-refractivity contribution in [1.82, 2.24) is 0 Å². The van der Waals surface area contributed by atoms with Gasteiger partial charge in [-0.3, -0.25) is 14.4 Å². The Balaban J connectivity index is 1.58. The molecule has 0 radical (unpaired) electrons. The van der Waals surface area contributed by atoms with Crippen LogP contribution in [0.4, 0.5) is 13.2 Å². The predicted molar refractivity (Wildman–Crippen MR) is 132 cm³/mol. The Morgan fingerprint density at radius 2 is 1.13 bits per heavy atom. The molecule has 196 valence electrons. The fourth-order valence-electron chi connectivity index (χ4n) is 5.60. The molecule has 5 nitrogen and oxygen atoms in total. The summed E-state index contributed by atoms with van der Waals surface area (Å²) in [5.74, 6) is -4.67. The molecule has 5 rings (SSSR count). The van der Waals surface area contributed by atoms with Crippen molar-refractivity contribution in [3.8, 4) is 11.1 Å². The van der Waals surface area contributed by atoms with Gasteiger partial charge in [0.15, 0.2) is 5.41 Å². The van der Waals surface area contributed by atoms with Crippen molar-refractivity contribution >= 4 is 17.7 Å². The number of carbonyl (C=O) groups is 3. The number of esters is 2. The van der Waals surface area contributed by atoms with Crippen molar-refractivity contribution in [1.29, 1.82) is 0 Å². The average molecular weight is 523 g/mol. The largest absolute Gasteiger partial charge is 0.422 e. The molecule has 0 bridgehead atoms. The monoisotopic (exact) mass is 522 g/mol. The van der Waals surface area contributed by atoms with Crippen LogP contribution >= 0.6 is 0 Å². The van der Waals surface area contributed by atoms with Crippen LogP contribution in [0, 0.1) is 5.41 Å². The van der Waals surface area contributed by atoms with E-state index in [0.29, 0.717) is 22.3 Å². The molecule has 0 N–H and O–H groups in total. The highest BCUT2D eigenvalue weighted by atomic mass is 19.4. The molecule has 0 aromatic heterocycles. The van der Waals surface area contributed by atoms with Gasteiger partial charge in [-0.15, -0.1) is 0 Å². The average Bonchev–Trinajstić information content (AvgIpc) is 2.87. The smallest absolute Gasteiger partial charge is 0.416 e. The zero-order valence-corrected chi connectivity index (χ0v) is 20.7. The fraction of sp³-hybridized carbons (Fsp3) is 0.300. The number of ketones is 1. The minimum Gasteiger partial charge on any atom is -0.422 e. The van der Waals surface area contributed by atoms with Crippen LogP contribution in [0.2, 0.25) is 0 Å². The van der Waals surface area contributed by atoms with Crippen molar-refractivity contribution in [2.75, 3.05) is 0 Å². The van der Waals surface area contributed by atoms with Gasteiger partial charge in [-0.2, -0.15) is 13.2 Å². The summed E-state index contributed by atoms with van der Waals surface area (Å²) in [6.45, 7) is 2.96. The van der Waals surface area contributed by atoms with Crippen LogP contribution in [0.3, 0.4) is 0 Å². The van der Waals surface area contributed by atoms with Gasteiger partial charge in [0.1, 0.15) is 5.78 Å². The molecule has 1 saturated heterocycles. The van der Waals surface area contributed by atoms with E-state index in [1.54, 1.807) is 54.6 Å². The lowest BCUT2D eigenvalue weighted by Gasteiger charge is -2.49. The molecule has 2 atom stereocenters. The molecule has 1 saturated carbocycles. The van der Waals surface area contributed by atoms with Crippen molar-refractivity contribution < 1.29 is 37.0 Å². The fourth-order valence-corrected chi connectivity index (χ4v) is 5.60. The van der Waals surface area contributed by atoms with E-state index in [1.807, 2.05) is 0 Å². The van der Waals surface area contributed by atoms with E-state index in [9.17, 15) is 27.6 Å². The number of hydrogen-bond acceptors (Lipinski definition) is 5. The molecule has 8 heteroatoms. The van der Waals surface area contributed by atoms with Gasteiger partial charge >= 0.3 is 18.1 Å². The standard InChI is InChI=1S/C30H25F3O5/c1-28(2)37-26(35)29(27(36)38-28)24(20-6-4-3-5-7-20)16-23(34)17-25(29)21-10-8-18(9-11-21)19-12-14-22(15-13-19)30(31,32)33/h3-15,24-25H,16-17H2,1-2H3/t24-,25+/m0/s1. The van der Waals surface area contributed by atoms with Crippen molar-refractivity contribution in [3.63, 3.8) is 0 Å². The number of benzene rings is 3. The minimum absolute atomic E-state index is 0.0191. The molecule has 0 amide bonds. The quantitative estimate of drug-likeness (QED) is 0.293. The van der Waals surface area contributed by atoms with Gasteiger partial charge < -0.3 is 9.47 Å². The summed E-state index contributed by atoms with van der Waals surface area (Å²) < 4.78 is 50.1. The van der Waals surface area contributed by atoms with Gasteiger partial charge in [0.2, 0.25) is 0 Å². The van der Waals surface area contributed by atoms with Gasteiger partial charge in [0, 0.05) is 38.5 Å². The second-order valence-electron chi connectivity index (χ2n) is 10.2. The first-order valence-electron chi connectivity index (χ1n) is 12.2. The van der Waals surface area contributed by atoms with Gasteiger partial charge in [-0.1, -0.05) is 66.7 Å². The number of carbonyl (C=O) groups excluding carboxylic acids is 3. The van der Waals surface area contributed by atoms with Crippen molar-refractivity contribution in [2.24, 2.45) is 5.41 Å². The minimum atomic E-state index is -4.43. The van der Waals surface area contributed by atoms with E-state index in [4.69, 9.17) is 9.47 Å². The Morgan fingerprint density at radius 3 is 1.61 bits per heavy atom. The number of rotatable bonds is 3. The van der Waals surface area contributed by atoms with Crippen LogP contribution in [-0.4, -0.2) is 23.5 Å². The molecule has 1 aliphatic heterocycles. The van der Waals surface area contributed by atoms with Crippen molar-refractivity contribution in [3.05, 3.63) is 95.6 Å². The number of Topliss-reactive ketones (excluding diaryl/α,β-unsaturated/α-hetero) is 1. The molecule has 3 aromatic carbocycles. The summed E-state index contributed by atoms with van der Waals surface area (Å²) >= 11 is 0. The molecule has 2 fully saturated rings. The van der Waals surface area contributed by atoms with E-state index >= 15 is 0 Å². The molecule has 2 aliphatic rings. The third-order valence-corrected chi connectivity index (χ3v) is 7.38. The SMILES string of the molecule is CC1(C)OC(=O)C2(C(=O)O1)[C@@H](c1ccc(-c3ccc(C(F)(F)F)cc3)cc1)CC(=O)C[C@H]2c1ccccc1. The van der Waals surface area contributed by atoms with E-state index in [2.05, 4.69) is 0 Å². The highest BCUT2D eigenvalue weighted by Gasteiger charge is 2.67. The maximum atomic E-state index is 13.7. The lowest BCUT2D eigenvalue weighted by atomic mass is 9.55. The van der Waals surface area contributed by atoms with Crippen molar-refractivity contribution in [2.45, 2.75) is 50.5 Å². The molecule has 1 heterocycles. The second kappa shape index (κ2) is 9.11. The van der Waals surface area contributed by atoms with Crippen LogP contribution in [-0.2, 0) is 30.0 Å². The number of halogens is 3. The summed E-state index contributed by atoms with van der Waals surface area (Å²) in [7, 11) is 0. The molecule has 38 heavy (non-hydrogen) atoms. The maximum absolute atomic E-state index is 13.7. The van der Waals surface area contributed by atoms with E-state index in [0.717, 1.165) is 12.1 Å². The second-order valence-corrected chi connectivity index (χ2v) is 10.2. The van der Waals surface area contributed by atoms with Crippen LogP contribution in [0.1, 0.15) is 55.2 Å². The van der Waals surface area contributed by atoms with Crippen LogP contribution in [0.25, 0.3) is 11.1 Å². The Morgan fingerprint density at radius 1 is 0.684 bits per heavy atom. The predicted octanol–water partition coefficient (Wildman–Crippen LogP) is 6.43. The Kier molecular flexibility index (Phi) is 6.16. The summed E-state index contributed by atoms with van der Waals surface area (Å²) in [4.78, 5) is 40.5. The third kappa shape index (κ3) is 4.38. The Hall–Kier alpha value is -3.94. The summed E-state index contributed by atoms with van der Waals surface area (Å²) in [6, 6.07) is 20.5. The summed E-state index contributed by atoms with van der Waals surface area (Å²) in [5.41, 5.74) is -0.0956. The first-order valence-corrected chi connectivity index (χ1v) is 12.2. The molecule has 1 aliphatic carbocycles. The number of cyclic esters (lactones) is 2. The normalized spacial score (nSPS) is 22.6. The van der Waals surface area contributed by atoms with Crippen LogP contribution in [0.15, 0.2) is 78.9 Å². The number of ether oxygens (including phenoxy) is 2. The summed E-state index contributed by atoms with van der Waals surface area (Å²) in [6.07, 6.45) is -4.51. The number of hydrogen-bond donors (Lipinski definition) is 0. The zero-order valence-electron chi connectivity index (χ0n) is 20.7. The van der Waals surface area contributed by atoms with E-state index < -0.39 is 46.7 Å². The molecule has 0 unspecified atom stereocenters. The molecular weight excluding hydrogens is 497 g/mol. The third-order valence-electron chi connectivity index (χ3n) is 7.38. The van der Waals surface area contributed by atoms with Crippen LogP contribution < -0.4 is 0 Å². The number of alkyl halides is 3. The molecule has 3 aromatic rings.